The summed E-state index contributed by atoms with van der Waals surface area (Å²) in [6.45, 7) is 5.38. The van der Waals surface area contributed by atoms with Gasteiger partial charge in [0.25, 0.3) is 0 Å². The number of ether oxygens (including phenoxy) is 2. The monoisotopic (exact) mass is 263 g/mol. The maximum absolute atomic E-state index is 5.77. The predicted octanol–water partition coefficient (Wildman–Crippen LogP) is 3.24. The highest BCUT2D eigenvalue weighted by atomic mass is 16.5. The van der Waals surface area contributed by atoms with Crippen LogP contribution in [0.15, 0.2) is 24.3 Å². The van der Waals surface area contributed by atoms with Gasteiger partial charge in [-0.15, -0.1) is 0 Å². The molecule has 1 saturated carbocycles. The molecule has 1 aliphatic carbocycles. The minimum absolute atomic E-state index is 0.667. The van der Waals surface area contributed by atoms with E-state index < -0.39 is 0 Å². The normalized spacial score (nSPS) is 15.6. The fourth-order valence-electron chi connectivity index (χ4n) is 2.60. The highest BCUT2D eigenvalue weighted by Crippen LogP contribution is 2.26. The molecule has 0 spiro atoms. The maximum Gasteiger partial charge on any atom is 0.161 e. The lowest BCUT2D eigenvalue weighted by Gasteiger charge is -2.13. The molecule has 1 fully saturated rings. The van der Waals surface area contributed by atoms with Gasteiger partial charge >= 0.3 is 0 Å². The minimum Gasteiger partial charge on any atom is -0.490 e. The van der Waals surface area contributed by atoms with E-state index in [0.717, 1.165) is 30.5 Å². The van der Waals surface area contributed by atoms with Crippen LogP contribution >= 0.6 is 0 Å². The number of hydrogen-bond acceptors (Lipinski definition) is 3. The lowest BCUT2D eigenvalue weighted by molar-refractivity contribution is 0.273. The van der Waals surface area contributed by atoms with Gasteiger partial charge in [0.1, 0.15) is 6.61 Å². The third-order valence-electron chi connectivity index (χ3n) is 3.59. The van der Waals surface area contributed by atoms with Gasteiger partial charge in [-0.1, -0.05) is 25.0 Å². The minimum atomic E-state index is 0.667. The van der Waals surface area contributed by atoms with E-state index in [0.29, 0.717) is 13.2 Å². The largest absolute Gasteiger partial charge is 0.490 e. The summed E-state index contributed by atoms with van der Waals surface area (Å²) in [5.41, 5.74) is 0. The van der Waals surface area contributed by atoms with E-state index >= 15 is 0 Å². The summed E-state index contributed by atoms with van der Waals surface area (Å²) in [6.07, 6.45) is 5.59. The molecule has 0 radical (unpaired) electrons. The van der Waals surface area contributed by atoms with Gasteiger partial charge in [-0.05, 0) is 44.4 Å². The summed E-state index contributed by atoms with van der Waals surface area (Å²) in [5.74, 6) is 2.56. The summed E-state index contributed by atoms with van der Waals surface area (Å²) in [6, 6.07) is 7.85. The van der Waals surface area contributed by atoms with Crippen LogP contribution in [-0.4, -0.2) is 26.3 Å². The van der Waals surface area contributed by atoms with E-state index in [1.165, 1.54) is 25.7 Å². The molecule has 2 rings (SSSR count). The van der Waals surface area contributed by atoms with Crippen molar-refractivity contribution in [3.63, 3.8) is 0 Å². The molecule has 0 aliphatic heterocycles. The second kappa shape index (κ2) is 8.05. The molecule has 1 N–H and O–H groups in total. The van der Waals surface area contributed by atoms with Crippen LogP contribution < -0.4 is 14.8 Å². The van der Waals surface area contributed by atoms with Gasteiger partial charge in [0.2, 0.25) is 0 Å². The smallest absolute Gasteiger partial charge is 0.161 e. The molecule has 1 aliphatic rings. The first-order valence-electron chi connectivity index (χ1n) is 7.45. The Kier molecular flexibility index (Phi) is 6.02. The molecule has 19 heavy (non-hydrogen) atoms. The topological polar surface area (TPSA) is 30.5 Å². The molecule has 0 unspecified atom stereocenters. The SMILES string of the molecule is CCOc1ccccc1OCCNCC1CCCC1. The number of nitrogens with one attached hydrogen (secondary N) is 1. The van der Waals surface area contributed by atoms with E-state index in [1.807, 2.05) is 31.2 Å². The second-order valence-corrected chi connectivity index (χ2v) is 5.08. The Labute approximate surface area is 116 Å². The molecule has 0 atom stereocenters. The number of para-hydroxylation sites is 2. The summed E-state index contributed by atoms with van der Waals surface area (Å²) in [4.78, 5) is 0. The van der Waals surface area contributed by atoms with Crippen molar-refractivity contribution in [2.45, 2.75) is 32.6 Å². The molecule has 3 nitrogen and oxygen atoms in total. The van der Waals surface area contributed by atoms with Crippen LogP contribution in [0.25, 0.3) is 0 Å². The number of rotatable bonds is 8. The lowest BCUT2D eigenvalue weighted by atomic mass is 10.1. The molecule has 0 heterocycles. The van der Waals surface area contributed by atoms with Crippen molar-refractivity contribution in [2.24, 2.45) is 5.92 Å². The Morgan fingerprint density at radius 2 is 1.79 bits per heavy atom. The molecule has 3 heteroatoms. The standard InChI is InChI=1S/C16H25NO2/c1-2-18-15-9-5-6-10-16(15)19-12-11-17-13-14-7-3-4-8-14/h5-6,9-10,14,17H,2-4,7-8,11-13H2,1H3. The molecule has 0 aromatic heterocycles. The summed E-state index contributed by atoms with van der Waals surface area (Å²) in [7, 11) is 0. The number of benzene rings is 1. The Morgan fingerprint density at radius 3 is 2.47 bits per heavy atom. The first-order chi connectivity index (χ1) is 9.40. The third-order valence-corrected chi connectivity index (χ3v) is 3.59. The zero-order valence-corrected chi connectivity index (χ0v) is 11.9. The van der Waals surface area contributed by atoms with Gasteiger partial charge in [-0.25, -0.2) is 0 Å². The first-order valence-corrected chi connectivity index (χ1v) is 7.45. The van der Waals surface area contributed by atoms with Crippen molar-refractivity contribution in [3.05, 3.63) is 24.3 Å². The van der Waals surface area contributed by atoms with Crippen LogP contribution in [0.5, 0.6) is 11.5 Å². The van der Waals surface area contributed by atoms with Crippen LogP contribution in [-0.2, 0) is 0 Å². The van der Waals surface area contributed by atoms with E-state index in [-0.39, 0.29) is 0 Å². The molecule has 0 saturated heterocycles. The van der Waals surface area contributed by atoms with Crippen LogP contribution in [0.3, 0.4) is 0 Å². The molecule has 0 bridgehead atoms. The van der Waals surface area contributed by atoms with Crippen molar-refractivity contribution in [1.82, 2.24) is 5.32 Å². The predicted molar refractivity (Wildman–Crippen MR) is 77.9 cm³/mol. The first kappa shape index (κ1) is 14.2. The number of hydrogen-bond donors (Lipinski definition) is 1. The van der Waals surface area contributed by atoms with Crippen molar-refractivity contribution in [2.75, 3.05) is 26.3 Å². The van der Waals surface area contributed by atoms with E-state index in [1.54, 1.807) is 0 Å². The fourth-order valence-corrected chi connectivity index (χ4v) is 2.60. The molecule has 106 valence electrons. The average Bonchev–Trinajstić information content (AvgIpc) is 2.94. The van der Waals surface area contributed by atoms with Gasteiger partial charge in [0.15, 0.2) is 11.5 Å². The van der Waals surface area contributed by atoms with Crippen molar-refractivity contribution in [1.29, 1.82) is 0 Å². The van der Waals surface area contributed by atoms with E-state index in [9.17, 15) is 0 Å². The van der Waals surface area contributed by atoms with E-state index in [4.69, 9.17) is 9.47 Å². The lowest BCUT2D eigenvalue weighted by Crippen LogP contribution is -2.26. The Bertz CT molecular complexity index is 362. The second-order valence-electron chi connectivity index (χ2n) is 5.08. The van der Waals surface area contributed by atoms with Crippen molar-refractivity contribution < 1.29 is 9.47 Å². The summed E-state index contributed by atoms with van der Waals surface area (Å²) >= 11 is 0. The summed E-state index contributed by atoms with van der Waals surface area (Å²) in [5, 5.41) is 3.48. The van der Waals surface area contributed by atoms with Crippen LogP contribution in [0.4, 0.5) is 0 Å². The van der Waals surface area contributed by atoms with Crippen LogP contribution in [0.2, 0.25) is 0 Å². The molecule has 1 aromatic rings. The van der Waals surface area contributed by atoms with E-state index in [2.05, 4.69) is 5.32 Å². The molecule has 0 amide bonds. The molecular weight excluding hydrogens is 238 g/mol. The molecule has 1 aromatic carbocycles. The van der Waals surface area contributed by atoms with Gasteiger partial charge in [0, 0.05) is 6.54 Å². The van der Waals surface area contributed by atoms with Gasteiger partial charge in [0.05, 0.1) is 6.61 Å². The Morgan fingerprint density at radius 1 is 1.11 bits per heavy atom. The van der Waals surface area contributed by atoms with Gasteiger partial charge in [-0.2, -0.15) is 0 Å². The van der Waals surface area contributed by atoms with Crippen molar-refractivity contribution in [3.8, 4) is 11.5 Å². The maximum atomic E-state index is 5.77. The summed E-state index contributed by atoms with van der Waals surface area (Å²) < 4.78 is 11.3. The Hall–Kier alpha value is -1.22. The highest BCUT2D eigenvalue weighted by Gasteiger charge is 2.13. The van der Waals surface area contributed by atoms with Gasteiger partial charge in [-0.3, -0.25) is 0 Å². The zero-order valence-electron chi connectivity index (χ0n) is 11.9. The Balaban J connectivity index is 1.64. The highest BCUT2D eigenvalue weighted by molar-refractivity contribution is 5.39. The quantitative estimate of drug-likeness (QED) is 0.730. The zero-order chi connectivity index (χ0) is 13.3. The fraction of sp³-hybridized carbons (Fsp3) is 0.625. The van der Waals surface area contributed by atoms with Gasteiger partial charge < -0.3 is 14.8 Å². The van der Waals surface area contributed by atoms with Crippen molar-refractivity contribution >= 4 is 0 Å². The average molecular weight is 263 g/mol. The molecular formula is C16H25NO2. The van der Waals surface area contributed by atoms with Crippen LogP contribution in [0, 0.1) is 5.92 Å². The third kappa shape index (κ3) is 4.75. The van der Waals surface area contributed by atoms with Crippen LogP contribution in [0.1, 0.15) is 32.6 Å².